The van der Waals surface area contributed by atoms with Crippen molar-refractivity contribution in [2.75, 3.05) is 11.6 Å². The summed E-state index contributed by atoms with van der Waals surface area (Å²) in [4.78, 5) is 0.169. The van der Waals surface area contributed by atoms with E-state index in [0.717, 1.165) is 17.1 Å². The summed E-state index contributed by atoms with van der Waals surface area (Å²) in [5.41, 5.74) is 2.48. The first-order chi connectivity index (χ1) is 10.3. The maximum Gasteiger partial charge on any atom is 0.284 e. The molecule has 0 saturated heterocycles. The molecule has 0 saturated carbocycles. The van der Waals surface area contributed by atoms with Gasteiger partial charge in [0, 0.05) is 7.05 Å². The van der Waals surface area contributed by atoms with Crippen molar-refractivity contribution >= 4 is 32.6 Å². The number of aromatic nitrogens is 2. The molecule has 0 bridgehead atoms. The molecule has 0 radical (unpaired) electrons. The summed E-state index contributed by atoms with van der Waals surface area (Å²) >= 11 is 1.24. The maximum absolute atomic E-state index is 12.3. The number of anilines is 1. The number of rotatable bonds is 3. The van der Waals surface area contributed by atoms with E-state index in [-0.39, 0.29) is 4.90 Å². The molecule has 118 valence electrons. The molecule has 0 aliphatic carbocycles. The molecule has 0 amide bonds. The van der Waals surface area contributed by atoms with E-state index in [0.29, 0.717) is 5.17 Å². The molecule has 0 spiro atoms. The van der Waals surface area contributed by atoms with Gasteiger partial charge >= 0.3 is 0 Å². The van der Waals surface area contributed by atoms with E-state index in [4.69, 9.17) is 0 Å². The van der Waals surface area contributed by atoms with Crippen LogP contribution in [0.25, 0.3) is 0 Å². The van der Waals surface area contributed by atoms with E-state index in [1.165, 1.54) is 23.9 Å². The number of amidine groups is 1. The highest BCUT2D eigenvalue weighted by Crippen LogP contribution is 2.21. The molecule has 1 aromatic heterocycles. The van der Waals surface area contributed by atoms with Crippen LogP contribution in [0.4, 0.5) is 5.69 Å². The van der Waals surface area contributed by atoms with Crippen LogP contribution in [-0.2, 0) is 17.1 Å². The van der Waals surface area contributed by atoms with Crippen molar-refractivity contribution in [2.24, 2.45) is 11.4 Å². The first-order valence-electron chi connectivity index (χ1n) is 6.56. The highest BCUT2D eigenvalue weighted by molar-refractivity contribution is 8.14. The van der Waals surface area contributed by atoms with Crippen LogP contribution < -0.4 is 5.32 Å². The van der Waals surface area contributed by atoms with Gasteiger partial charge in [0.05, 0.1) is 22.0 Å². The summed E-state index contributed by atoms with van der Waals surface area (Å²) in [6, 6.07) is 8.15. The van der Waals surface area contributed by atoms with E-state index in [1.807, 2.05) is 20.9 Å². The van der Waals surface area contributed by atoms with Crippen LogP contribution in [-0.4, -0.2) is 29.6 Å². The number of sulfonamides is 1. The number of thioether (sulfide) groups is 1. The van der Waals surface area contributed by atoms with E-state index in [1.54, 1.807) is 29.1 Å². The molecule has 1 heterocycles. The molecule has 1 N–H and O–H groups in total. The van der Waals surface area contributed by atoms with E-state index >= 15 is 0 Å². The van der Waals surface area contributed by atoms with E-state index in [9.17, 15) is 8.42 Å². The Balaban J connectivity index is 2.36. The Bertz CT molecular complexity index is 796. The molecule has 0 aliphatic rings. The summed E-state index contributed by atoms with van der Waals surface area (Å²) in [5, 5.41) is 7.66. The van der Waals surface area contributed by atoms with Crippen molar-refractivity contribution in [3.05, 3.63) is 41.7 Å². The first-order valence-corrected chi connectivity index (χ1v) is 9.23. The molecular formula is C14H18N4O2S2. The average molecular weight is 338 g/mol. The fraction of sp³-hybridized carbons (Fsp3) is 0.286. The third-order valence-corrected chi connectivity index (χ3v) is 5.16. The normalized spacial score (nSPS) is 12.5. The highest BCUT2D eigenvalue weighted by Gasteiger charge is 2.16. The highest BCUT2D eigenvalue weighted by atomic mass is 32.2. The summed E-state index contributed by atoms with van der Waals surface area (Å²) in [5.74, 6) is 0. The molecule has 0 aliphatic heterocycles. The van der Waals surface area contributed by atoms with Crippen LogP contribution in [0.15, 0.2) is 39.6 Å². The van der Waals surface area contributed by atoms with Gasteiger partial charge in [-0.1, -0.05) is 30.0 Å². The standard InChI is InChI=1S/C14H18N4O2S2/c1-10-13(11(2)18(3)16-10)15-14(21-4)17-22(19,20)12-8-6-5-7-9-12/h5-9H,1-4H3,(H,15,17). The predicted octanol–water partition coefficient (Wildman–Crippen LogP) is 2.56. The number of hydrogen-bond acceptors (Lipinski definition) is 4. The molecule has 8 heteroatoms. The van der Waals surface area contributed by atoms with E-state index in [2.05, 4.69) is 14.8 Å². The third-order valence-electron chi connectivity index (χ3n) is 3.18. The molecule has 2 rings (SSSR count). The Morgan fingerprint density at radius 1 is 1.27 bits per heavy atom. The van der Waals surface area contributed by atoms with Gasteiger partial charge in [-0.15, -0.1) is 4.40 Å². The van der Waals surface area contributed by atoms with Gasteiger partial charge in [0.25, 0.3) is 10.0 Å². The topological polar surface area (TPSA) is 76.3 Å². The quantitative estimate of drug-likeness (QED) is 0.687. The molecule has 6 nitrogen and oxygen atoms in total. The zero-order valence-corrected chi connectivity index (χ0v) is 14.5. The van der Waals surface area contributed by atoms with Crippen LogP contribution in [0.1, 0.15) is 11.4 Å². The van der Waals surface area contributed by atoms with Crippen molar-refractivity contribution < 1.29 is 8.42 Å². The van der Waals surface area contributed by atoms with Crippen molar-refractivity contribution in [3.63, 3.8) is 0 Å². The van der Waals surface area contributed by atoms with Crippen LogP contribution in [0, 0.1) is 13.8 Å². The van der Waals surface area contributed by atoms with Crippen molar-refractivity contribution in [1.82, 2.24) is 9.78 Å². The van der Waals surface area contributed by atoms with Gasteiger partial charge in [-0.05, 0) is 32.2 Å². The van der Waals surface area contributed by atoms with Gasteiger partial charge in [-0.25, -0.2) is 0 Å². The van der Waals surface area contributed by atoms with Gasteiger partial charge in [0.15, 0.2) is 5.17 Å². The van der Waals surface area contributed by atoms with Gasteiger partial charge in [-0.3, -0.25) is 4.68 Å². The van der Waals surface area contributed by atoms with Gasteiger partial charge in [0.2, 0.25) is 0 Å². The Hall–Kier alpha value is -1.80. The largest absolute Gasteiger partial charge is 0.331 e. The molecule has 0 fully saturated rings. The number of nitrogens with one attached hydrogen (secondary N) is 1. The SMILES string of the molecule is CSC(=NS(=O)(=O)c1ccccc1)Nc1c(C)nn(C)c1C. The lowest BCUT2D eigenvalue weighted by Gasteiger charge is -2.08. The molecular weight excluding hydrogens is 320 g/mol. The lowest BCUT2D eigenvalue weighted by atomic mass is 10.3. The summed E-state index contributed by atoms with van der Waals surface area (Å²) in [6.07, 6.45) is 1.77. The van der Waals surface area contributed by atoms with Crippen LogP contribution in [0.3, 0.4) is 0 Å². The Kier molecular flexibility index (Phi) is 4.92. The Labute approximate surface area is 134 Å². The van der Waals surface area contributed by atoms with Gasteiger partial charge in [-0.2, -0.15) is 13.5 Å². The second-order valence-corrected chi connectivity index (χ2v) is 7.08. The molecule has 1 aromatic carbocycles. The fourth-order valence-electron chi connectivity index (χ4n) is 1.93. The second-order valence-electron chi connectivity index (χ2n) is 4.68. The monoisotopic (exact) mass is 338 g/mol. The minimum absolute atomic E-state index is 0.169. The summed E-state index contributed by atoms with van der Waals surface area (Å²) in [6.45, 7) is 3.77. The lowest BCUT2D eigenvalue weighted by molar-refractivity contribution is 0.598. The molecule has 22 heavy (non-hydrogen) atoms. The van der Waals surface area contributed by atoms with Crippen molar-refractivity contribution in [3.8, 4) is 0 Å². The first kappa shape index (κ1) is 16.6. The van der Waals surface area contributed by atoms with Crippen molar-refractivity contribution in [1.29, 1.82) is 0 Å². The molecule has 2 aromatic rings. The molecule has 0 atom stereocenters. The zero-order valence-electron chi connectivity index (χ0n) is 12.9. The van der Waals surface area contributed by atoms with Gasteiger partial charge < -0.3 is 5.32 Å². The van der Waals surface area contributed by atoms with Crippen LogP contribution in [0.5, 0.6) is 0 Å². The minimum Gasteiger partial charge on any atom is -0.331 e. The number of aryl methyl sites for hydroxylation is 2. The Morgan fingerprint density at radius 3 is 2.41 bits per heavy atom. The predicted molar refractivity (Wildman–Crippen MR) is 90.9 cm³/mol. The van der Waals surface area contributed by atoms with Gasteiger partial charge in [0.1, 0.15) is 0 Å². The number of hydrogen-bond donors (Lipinski definition) is 1. The molecule has 0 unspecified atom stereocenters. The fourth-order valence-corrected chi connectivity index (χ4v) is 3.59. The lowest BCUT2D eigenvalue weighted by Crippen LogP contribution is -2.12. The zero-order chi connectivity index (χ0) is 16.3. The summed E-state index contributed by atoms with van der Waals surface area (Å²) in [7, 11) is -1.90. The van der Waals surface area contributed by atoms with Crippen LogP contribution >= 0.6 is 11.8 Å². The van der Waals surface area contributed by atoms with Crippen LogP contribution in [0.2, 0.25) is 0 Å². The third kappa shape index (κ3) is 3.50. The minimum atomic E-state index is -3.73. The maximum atomic E-state index is 12.3. The smallest absolute Gasteiger partial charge is 0.284 e. The summed E-state index contributed by atoms with van der Waals surface area (Å²) < 4.78 is 30.2. The average Bonchev–Trinajstić information content (AvgIpc) is 2.73. The van der Waals surface area contributed by atoms with E-state index < -0.39 is 10.0 Å². The second kappa shape index (κ2) is 6.53. The van der Waals surface area contributed by atoms with Crippen molar-refractivity contribution in [2.45, 2.75) is 18.7 Å². The Morgan fingerprint density at radius 2 is 1.91 bits per heavy atom. The number of benzene rings is 1. The number of nitrogens with zero attached hydrogens (tertiary/aromatic N) is 3.